The smallest absolute Gasteiger partial charge is 0.481 e. The van der Waals surface area contributed by atoms with E-state index < -0.39 is 17.2 Å². The molecule has 5 heteroatoms. The Labute approximate surface area is 243 Å². The number of benzene rings is 1. The second-order valence-electron chi connectivity index (χ2n) is 12.6. The van der Waals surface area contributed by atoms with Crippen molar-refractivity contribution < 1.29 is 24.1 Å². The highest BCUT2D eigenvalue weighted by Crippen LogP contribution is 2.66. The van der Waals surface area contributed by atoms with E-state index in [4.69, 9.17) is 14.2 Å². The van der Waals surface area contributed by atoms with Gasteiger partial charge in [0.2, 0.25) is 0 Å². The maximum Gasteiger partial charge on any atom is 0.513 e. The van der Waals surface area contributed by atoms with Gasteiger partial charge in [0.25, 0.3) is 0 Å². The van der Waals surface area contributed by atoms with Gasteiger partial charge in [0.15, 0.2) is 11.5 Å². The summed E-state index contributed by atoms with van der Waals surface area (Å²) < 4.78 is 17.8. The Hall–Kier alpha value is -2.01. The van der Waals surface area contributed by atoms with Crippen LogP contribution in [0.25, 0.3) is 0 Å². The van der Waals surface area contributed by atoms with Crippen LogP contribution in [0.2, 0.25) is 0 Å². The van der Waals surface area contributed by atoms with E-state index in [1.165, 1.54) is 69.8 Å². The lowest BCUT2D eigenvalue weighted by atomic mass is 9.48. The summed E-state index contributed by atoms with van der Waals surface area (Å²) >= 11 is 0. The maximum atomic E-state index is 12.7. The summed E-state index contributed by atoms with van der Waals surface area (Å²) in [6.07, 6.45) is 19.2. The van der Waals surface area contributed by atoms with E-state index in [0.29, 0.717) is 24.5 Å². The van der Waals surface area contributed by atoms with Gasteiger partial charge in [-0.15, -0.1) is 0 Å². The molecule has 0 saturated heterocycles. The number of carbonyl (C=O) groups is 1. The van der Waals surface area contributed by atoms with E-state index in [0.717, 1.165) is 56.1 Å². The summed E-state index contributed by atoms with van der Waals surface area (Å²) in [7, 11) is 0. The predicted octanol–water partition coefficient (Wildman–Crippen LogP) is 9.37. The van der Waals surface area contributed by atoms with Crippen LogP contribution in [0.15, 0.2) is 24.3 Å². The minimum Gasteiger partial charge on any atom is -0.481 e. The maximum absolute atomic E-state index is 12.7. The molecule has 5 nitrogen and oxygen atoms in total. The molecule has 40 heavy (non-hydrogen) atoms. The van der Waals surface area contributed by atoms with Gasteiger partial charge < -0.3 is 19.3 Å². The molecule has 0 amide bonds. The van der Waals surface area contributed by atoms with Crippen molar-refractivity contribution in [3.05, 3.63) is 35.4 Å². The quantitative estimate of drug-likeness (QED) is 0.0899. The van der Waals surface area contributed by atoms with Crippen LogP contribution in [-0.4, -0.2) is 29.6 Å². The standard InChI is InChI=1S/C35H54O5/c1-5-8-9-10-11-12-13-14-15-16-17-18-24-38-33(36)39-29-20-19-27-25-28(7-3)35(37)23-21-26(4)32-34(35,22-6-2)30(27)31(29)40-32/h19-20,28,32,37H,4-18,21-25H2,1-3H3. The average molecular weight is 555 g/mol. The fourth-order valence-electron chi connectivity index (χ4n) is 7.96. The van der Waals surface area contributed by atoms with Crippen molar-refractivity contribution in [3.8, 4) is 11.5 Å². The lowest BCUT2D eigenvalue weighted by molar-refractivity contribution is -0.137. The lowest BCUT2D eigenvalue weighted by Crippen LogP contribution is -2.66. The first-order valence-corrected chi connectivity index (χ1v) is 16.5. The van der Waals surface area contributed by atoms with E-state index in [2.05, 4.69) is 33.4 Å². The average Bonchev–Trinajstić information content (AvgIpc) is 3.31. The minimum atomic E-state index is -0.852. The molecule has 1 heterocycles. The Bertz CT molecular complexity index is 1000. The van der Waals surface area contributed by atoms with Crippen LogP contribution in [0, 0.1) is 5.92 Å². The molecule has 0 aromatic heterocycles. The summed E-state index contributed by atoms with van der Waals surface area (Å²) in [6.45, 7) is 11.3. The normalized spacial score (nSPS) is 26.4. The third-order valence-electron chi connectivity index (χ3n) is 10.00. The monoisotopic (exact) mass is 554 g/mol. The molecule has 0 bridgehead atoms. The number of aliphatic hydroxyl groups is 1. The summed E-state index contributed by atoms with van der Waals surface area (Å²) in [5.41, 5.74) is 1.87. The zero-order chi connectivity index (χ0) is 28.6. The Morgan fingerprint density at radius 1 is 0.975 bits per heavy atom. The Morgan fingerprint density at radius 3 is 2.25 bits per heavy atom. The van der Waals surface area contributed by atoms with Crippen molar-refractivity contribution in [1.82, 2.24) is 0 Å². The van der Waals surface area contributed by atoms with E-state index in [9.17, 15) is 9.90 Å². The van der Waals surface area contributed by atoms with Crippen molar-refractivity contribution in [2.75, 3.05) is 6.61 Å². The summed E-state index contributed by atoms with van der Waals surface area (Å²) in [4.78, 5) is 12.7. The van der Waals surface area contributed by atoms with Crippen LogP contribution < -0.4 is 9.47 Å². The fraction of sp³-hybridized carbons (Fsp3) is 0.743. The van der Waals surface area contributed by atoms with Gasteiger partial charge >= 0.3 is 6.16 Å². The third-order valence-corrected chi connectivity index (χ3v) is 10.00. The van der Waals surface area contributed by atoms with E-state index in [1.54, 1.807) is 0 Å². The summed E-state index contributed by atoms with van der Waals surface area (Å²) in [5.74, 6) is 1.17. The molecule has 4 unspecified atom stereocenters. The highest BCUT2D eigenvalue weighted by atomic mass is 16.7. The van der Waals surface area contributed by atoms with Crippen molar-refractivity contribution in [3.63, 3.8) is 0 Å². The lowest BCUT2D eigenvalue weighted by Gasteiger charge is -2.58. The topological polar surface area (TPSA) is 65.0 Å². The van der Waals surface area contributed by atoms with Gasteiger partial charge in [-0.2, -0.15) is 0 Å². The highest BCUT2D eigenvalue weighted by molar-refractivity contribution is 5.69. The van der Waals surface area contributed by atoms with Gasteiger partial charge in [0, 0.05) is 5.56 Å². The summed E-state index contributed by atoms with van der Waals surface area (Å²) in [5, 5.41) is 12.3. The second-order valence-corrected chi connectivity index (χ2v) is 12.6. The Morgan fingerprint density at radius 2 is 1.62 bits per heavy atom. The van der Waals surface area contributed by atoms with Crippen molar-refractivity contribution >= 4 is 6.16 Å². The number of hydrogen-bond donors (Lipinski definition) is 1. The Balaban J connectivity index is 1.29. The summed E-state index contributed by atoms with van der Waals surface area (Å²) in [6, 6.07) is 3.91. The zero-order valence-electron chi connectivity index (χ0n) is 25.5. The van der Waals surface area contributed by atoms with E-state index in [-0.39, 0.29) is 12.0 Å². The zero-order valence-corrected chi connectivity index (χ0v) is 25.5. The van der Waals surface area contributed by atoms with Crippen LogP contribution in [0.5, 0.6) is 11.5 Å². The van der Waals surface area contributed by atoms with Crippen LogP contribution in [0.1, 0.15) is 141 Å². The molecule has 1 fully saturated rings. The molecule has 4 atom stereocenters. The first-order valence-electron chi connectivity index (χ1n) is 16.5. The Kier molecular flexibility index (Phi) is 11.0. The number of unbranched alkanes of at least 4 members (excludes halogenated alkanes) is 11. The molecule has 224 valence electrons. The van der Waals surface area contributed by atoms with Gasteiger partial charge in [-0.05, 0) is 55.2 Å². The first kappa shape index (κ1) is 30.9. The molecule has 1 aromatic rings. The van der Waals surface area contributed by atoms with Gasteiger partial charge in [0.1, 0.15) is 6.10 Å². The molecule has 0 spiro atoms. The molecular formula is C35H54O5. The molecule has 4 rings (SSSR count). The number of carbonyl (C=O) groups excluding carboxylic acids is 1. The van der Waals surface area contributed by atoms with Crippen LogP contribution >= 0.6 is 0 Å². The first-order chi connectivity index (χ1) is 19.4. The largest absolute Gasteiger partial charge is 0.513 e. The molecular weight excluding hydrogens is 500 g/mol. The molecule has 1 aromatic carbocycles. The molecule has 1 N–H and O–H groups in total. The molecule has 0 radical (unpaired) electrons. The molecule has 1 saturated carbocycles. The fourth-order valence-corrected chi connectivity index (χ4v) is 7.96. The predicted molar refractivity (Wildman–Crippen MR) is 161 cm³/mol. The molecule has 2 aliphatic carbocycles. The van der Waals surface area contributed by atoms with Gasteiger partial charge in [0.05, 0.1) is 17.6 Å². The molecule has 1 aliphatic heterocycles. The highest BCUT2D eigenvalue weighted by Gasteiger charge is 2.68. The van der Waals surface area contributed by atoms with Gasteiger partial charge in [-0.25, -0.2) is 4.79 Å². The van der Waals surface area contributed by atoms with Crippen molar-refractivity contribution in [1.29, 1.82) is 0 Å². The third kappa shape index (κ3) is 6.10. The van der Waals surface area contributed by atoms with Gasteiger partial charge in [-0.3, -0.25) is 0 Å². The molecule has 3 aliphatic rings. The van der Waals surface area contributed by atoms with Gasteiger partial charge in [-0.1, -0.05) is 117 Å². The van der Waals surface area contributed by atoms with Crippen molar-refractivity contribution in [2.24, 2.45) is 5.92 Å². The number of ether oxygens (including phenoxy) is 3. The number of rotatable bonds is 17. The van der Waals surface area contributed by atoms with E-state index in [1.807, 2.05) is 6.07 Å². The second kappa shape index (κ2) is 14.2. The van der Waals surface area contributed by atoms with Crippen molar-refractivity contribution in [2.45, 2.75) is 153 Å². The number of hydrogen-bond acceptors (Lipinski definition) is 5. The van der Waals surface area contributed by atoms with Crippen LogP contribution in [0.4, 0.5) is 4.79 Å². The van der Waals surface area contributed by atoms with E-state index >= 15 is 0 Å². The minimum absolute atomic E-state index is 0.170. The van der Waals surface area contributed by atoms with Crippen LogP contribution in [0.3, 0.4) is 0 Å². The van der Waals surface area contributed by atoms with Crippen LogP contribution in [-0.2, 0) is 16.6 Å². The SMILES string of the molecule is C=C1CCC2(O)C(CC)Cc3ccc(OC(=O)OCCCCCCCCCCCCCC)c4c3C2(CCC)C1O4.